The molecule has 2 aromatic rings. The van der Waals surface area contributed by atoms with Crippen molar-refractivity contribution in [2.45, 2.75) is 12.8 Å². The van der Waals surface area contributed by atoms with Gasteiger partial charge in [0, 0.05) is 16.5 Å². The summed E-state index contributed by atoms with van der Waals surface area (Å²) in [5.41, 5.74) is 0.862. The van der Waals surface area contributed by atoms with Crippen LogP contribution in [-0.2, 0) is 4.79 Å². The van der Waals surface area contributed by atoms with E-state index in [1.807, 2.05) is 24.3 Å². The molecule has 0 bridgehead atoms. The average molecular weight is 323 g/mol. The first kappa shape index (κ1) is 13.5. The van der Waals surface area contributed by atoms with Gasteiger partial charge in [0.25, 0.3) is 0 Å². The van der Waals surface area contributed by atoms with E-state index in [1.165, 1.54) is 0 Å². The van der Waals surface area contributed by atoms with Gasteiger partial charge in [0.2, 0.25) is 0 Å². The average Bonchev–Trinajstić information content (AvgIpc) is 2.86. The van der Waals surface area contributed by atoms with Crippen molar-refractivity contribution in [3.05, 3.63) is 46.6 Å². The summed E-state index contributed by atoms with van der Waals surface area (Å²) in [6, 6.07) is 10.8. The summed E-state index contributed by atoms with van der Waals surface area (Å²) < 4.78 is 6.40. The fraction of sp³-hybridized carbons (Fsp3) is 0.143. The molecule has 0 fully saturated rings. The van der Waals surface area contributed by atoms with Gasteiger partial charge in [-0.15, -0.1) is 0 Å². The summed E-state index contributed by atoms with van der Waals surface area (Å²) in [6.07, 6.45) is -0.240. The van der Waals surface area contributed by atoms with Gasteiger partial charge in [-0.2, -0.15) is 0 Å². The third-order valence-corrected chi connectivity index (χ3v) is 3.10. The van der Waals surface area contributed by atoms with Gasteiger partial charge in [-0.25, -0.2) is 0 Å². The third-order valence-electron chi connectivity index (χ3n) is 2.58. The minimum atomic E-state index is -0.993. The Morgan fingerprint density at radius 1 is 1.05 bits per heavy atom. The lowest BCUT2D eigenvalue weighted by Gasteiger charge is -1.97. The van der Waals surface area contributed by atoms with Crippen molar-refractivity contribution in [3.8, 4) is 11.3 Å². The molecule has 0 aliphatic carbocycles. The lowest BCUT2D eigenvalue weighted by molar-refractivity contribution is -0.136. The maximum absolute atomic E-state index is 11.7. The molecule has 0 saturated carbocycles. The van der Waals surface area contributed by atoms with Crippen LogP contribution in [-0.4, -0.2) is 16.9 Å². The molecular formula is C14H11BrO4. The molecule has 1 aromatic carbocycles. The second-order valence-corrected chi connectivity index (χ2v) is 4.90. The van der Waals surface area contributed by atoms with Gasteiger partial charge in [-0.3, -0.25) is 9.59 Å². The maximum atomic E-state index is 11.7. The van der Waals surface area contributed by atoms with E-state index in [4.69, 9.17) is 9.52 Å². The molecule has 0 unspecified atom stereocenters. The molecule has 2 rings (SSSR count). The Morgan fingerprint density at radius 3 is 2.37 bits per heavy atom. The van der Waals surface area contributed by atoms with Crippen LogP contribution in [0.15, 0.2) is 45.3 Å². The molecule has 1 N–H and O–H groups in total. The third kappa shape index (κ3) is 3.54. The first-order chi connectivity index (χ1) is 9.06. The smallest absolute Gasteiger partial charge is 0.303 e. The SMILES string of the molecule is O=C(O)CCC(=O)c1ccc(-c2ccc(Br)cc2)o1. The Labute approximate surface area is 118 Å². The van der Waals surface area contributed by atoms with E-state index in [0.717, 1.165) is 10.0 Å². The molecule has 19 heavy (non-hydrogen) atoms. The van der Waals surface area contributed by atoms with Crippen LogP contribution in [0.4, 0.5) is 0 Å². The first-order valence-electron chi connectivity index (χ1n) is 5.67. The van der Waals surface area contributed by atoms with E-state index in [2.05, 4.69) is 15.9 Å². The lowest BCUT2D eigenvalue weighted by atomic mass is 10.2. The Morgan fingerprint density at radius 2 is 1.74 bits per heavy atom. The Kier molecular flexibility index (Phi) is 4.16. The normalized spacial score (nSPS) is 10.4. The summed E-state index contributed by atoms with van der Waals surface area (Å²) in [4.78, 5) is 22.1. The van der Waals surface area contributed by atoms with E-state index < -0.39 is 5.97 Å². The monoisotopic (exact) mass is 322 g/mol. The largest absolute Gasteiger partial charge is 0.481 e. The molecule has 0 spiro atoms. The number of benzene rings is 1. The number of ketones is 1. The van der Waals surface area contributed by atoms with Gasteiger partial charge >= 0.3 is 5.97 Å². The van der Waals surface area contributed by atoms with E-state index >= 15 is 0 Å². The predicted molar refractivity (Wildman–Crippen MR) is 73.0 cm³/mol. The number of halogens is 1. The topological polar surface area (TPSA) is 67.5 Å². The number of carboxylic acid groups (broad SMARTS) is 1. The van der Waals surface area contributed by atoms with Crippen LogP contribution in [0.3, 0.4) is 0 Å². The number of furan rings is 1. The second kappa shape index (κ2) is 5.84. The number of carbonyl (C=O) groups is 2. The van der Waals surface area contributed by atoms with Crippen molar-refractivity contribution >= 4 is 27.7 Å². The van der Waals surface area contributed by atoms with Gasteiger partial charge in [0.15, 0.2) is 11.5 Å². The predicted octanol–water partition coefficient (Wildman–Crippen LogP) is 3.76. The number of Topliss-reactive ketones (excluding diaryl/α,β-unsaturated/α-hetero) is 1. The standard InChI is InChI=1S/C14H11BrO4/c15-10-3-1-9(2-4-10)12-6-7-13(19-12)11(16)5-8-14(17)18/h1-4,6-7H,5,8H2,(H,17,18). The summed E-state index contributed by atoms with van der Waals surface area (Å²) in [5, 5.41) is 8.53. The maximum Gasteiger partial charge on any atom is 0.303 e. The number of rotatable bonds is 5. The van der Waals surface area contributed by atoms with Crippen molar-refractivity contribution in [1.29, 1.82) is 0 Å². The van der Waals surface area contributed by atoms with Crippen LogP contribution < -0.4 is 0 Å². The summed E-state index contributed by atoms with van der Waals surface area (Å²) in [6.45, 7) is 0. The number of aliphatic carboxylic acids is 1. The van der Waals surface area contributed by atoms with Crippen LogP contribution in [0.25, 0.3) is 11.3 Å². The molecule has 98 valence electrons. The number of carboxylic acids is 1. The number of carbonyl (C=O) groups excluding carboxylic acids is 1. The molecule has 0 radical (unpaired) electrons. The zero-order chi connectivity index (χ0) is 13.8. The molecule has 4 nitrogen and oxygen atoms in total. The van der Waals surface area contributed by atoms with Gasteiger partial charge in [0.1, 0.15) is 5.76 Å². The minimum absolute atomic E-state index is 0.0530. The zero-order valence-electron chi connectivity index (χ0n) is 9.93. The molecule has 0 amide bonds. The van der Waals surface area contributed by atoms with Crippen LogP contribution in [0.2, 0.25) is 0 Å². The van der Waals surface area contributed by atoms with Crippen molar-refractivity contribution in [3.63, 3.8) is 0 Å². The van der Waals surface area contributed by atoms with Crippen molar-refractivity contribution in [2.75, 3.05) is 0 Å². The molecule has 0 aliphatic rings. The molecule has 5 heteroatoms. The highest BCUT2D eigenvalue weighted by molar-refractivity contribution is 9.10. The lowest BCUT2D eigenvalue weighted by Crippen LogP contribution is -2.02. The van der Waals surface area contributed by atoms with Crippen molar-refractivity contribution in [2.24, 2.45) is 0 Å². The van der Waals surface area contributed by atoms with E-state index in [9.17, 15) is 9.59 Å². The van der Waals surface area contributed by atoms with E-state index in [1.54, 1.807) is 12.1 Å². The first-order valence-corrected chi connectivity index (χ1v) is 6.46. The van der Waals surface area contributed by atoms with Gasteiger partial charge < -0.3 is 9.52 Å². The zero-order valence-corrected chi connectivity index (χ0v) is 11.5. The Bertz CT molecular complexity index is 598. The second-order valence-electron chi connectivity index (χ2n) is 3.99. The molecular weight excluding hydrogens is 312 g/mol. The quantitative estimate of drug-likeness (QED) is 0.851. The van der Waals surface area contributed by atoms with Gasteiger partial charge in [-0.1, -0.05) is 28.1 Å². The van der Waals surface area contributed by atoms with Gasteiger partial charge in [0.05, 0.1) is 6.42 Å². The Balaban J connectivity index is 2.12. The highest BCUT2D eigenvalue weighted by Crippen LogP contribution is 2.24. The summed E-state index contributed by atoms with van der Waals surface area (Å²) >= 11 is 3.34. The number of hydrogen-bond donors (Lipinski definition) is 1. The van der Waals surface area contributed by atoms with Crippen molar-refractivity contribution in [1.82, 2.24) is 0 Å². The minimum Gasteiger partial charge on any atom is -0.481 e. The molecule has 0 saturated heterocycles. The van der Waals surface area contributed by atoms with E-state index in [0.29, 0.717) is 5.76 Å². The van der Waals surface area contributed by atoms with Gasteiger partial charge in [-0.05, 0) is 24.3 Å². The van der Waals surface area contributed by atoms with Crippen LogP contribution >= 0.6 is 15.9 Å². The highest BCUT2D eigenvalue weighted by Gasteiger charge is 2.13. The van der Waals surface area contributed by atoms with Crippen LogP contribution in [0.5, 0.6) is 0 Å². The molecule has 0 atom stereocenters. The van der Waals surface area contributed by atoms with Crippen LogP contribution in [0, 0.1) is 0 Å². The molecule has 0 aliphatic heterocycles. The highest BCUT2D eigenvalue weighted by atomic mass is 79.9. The fourth-order valence-electron chi connectivity index (χ4n) is 1.60. The molecule has 1 aromatic heterocycles. The summed E-state index contributed by atoms with van der Waals surface area (Å²) in [7, 11) is 0. The fourth-order valence-corrected chi connectivity index (χ4v) is 1.87. The van der Waals surface area contributed by atoms with E-state index in [-0.39, 0.29) is 24.4 Å². The molecule has 1 heterocycles. The summed E-state index contributed by atoms with van der Waals surface area (Å²) in [5.74, 6) is -0.510. The Hall–Kier alpha value is -1.88. The number of hydrogen-bond acceptors (Lipinski definition) is 3. The van der Waals surface area contributed by atoms with Crippen LogP contribution in [0.1, 0.15) is 23.4 Å². The van der Waals surface area contributed by atoms with Crippen molar-refractivity contribution < 1.29 is 19.1 Å².